The van der Waals surface area contributed by atoms with Crippen LogP contribution in [0.3, 0.4) is 0 Å². The number of nitro benzene ring substituents is 1. The zero-order valence-electron chi connectivity index (χ0n) is 9.27. The van der Waals surface area contributed by atoms with E-state index in [-0.39, 0.29) is 29.6 Å². The van der Waals surface area contributed by atoms with Gasteiger partial charge in [0.25, 0.3) is 5.69 Å². The number of amides is 1. The lowest BCUT2D eigenvalue weighted by molar-refractivity contribution is -0.384. The maximum Gasteiger partial charge on any atom is 0.273 e. The summed E-state index contributed by atoms with van der Waals surface area (Å²) in [6, 6.07) is 3.49. The number of carbonyl (C=O) groups excluding carboxylic acids is 1. The van der Waals surface area contributed by atoms with Crippen LogP contribution < -0.4 is 10.6 Å². The number of carbonyl (C=O) groups is 1. The average molecular weight is 239 g/mol. The van der Waals surface area contributed by atoms with Crippen molar-refractivity contribution in [2.45, 2.75) is 6.92 Å². The summed E-state index contributed by atoms with van der Waals surface area (Å²) < 4.78 is 0. The molecule has 0 aliphatic carbocycles. The molecule has 0 atom stereocenters. The van der Waals surface area contributed by atoms with Crippen molar-refractivity contribution in [1.29, 1.82) is 0 Å². The van der Waals surface area contributed by atoms with Crippen molar-refractivity contribution in [3.63, 3.8) is 0 Å². The molecule has 1 aromatic rings. The molecule has 7 heteroatoms. The lowest BCUT2D eigenvalue weighted by atomic mass is 10.2. The van der Waals surface area contributed by atoms with Gasteiger partial charge in [0.1, 0.15) is 5.75 Å². The van der Waals surface area contributed by atoms with Gasteiger partial charge in [-0.1, -0.05) is 6.92 Å². The van der Waals surface area contributed by atoms with Crippen LogP contribution in [0.2, 0.25) is 0 Å². The molecule has 7 nitrogen and oxygen atoms in total. The molecule has 0 unspecified atom stereocenters. The van der Waals surface area contributed by atoms with Crippen LogP contribution in [0.5, 0.6) is 5.75 Å². The van der Waals surface area contributed by atoms with Crippen molar-refractivity contribution in [1.82, 2.24) is 5.32 Å². The average Bonchev–Trinajstić information content (AvgIpc) is 2.28. The molecule has 0 fully saturated rings. The van der Waals surface area contributed by atoms with Crippen molar-refractivity contribution in [3.05, 3.63) is 28.3 Å². The molecule has 1 aromatic carbocycles. The minimum Gasteiger partial charge on any atom is -0.506 e. The van der Waals surface area contributed by atoms with E-state index in [9.17, 15) is 20.0 Å². The largest absolute Gasteiger partial charge is 0.506 e. The molecule has 0 saturated carbocycles. The second-order valence-electron chi connectivity index (χ2n) is 3.29. The molecule has 0 bridgehead atoms. The Balaban J connectivity index is 2.72. The number of nitrogens with one attached hydrogen (secondary N) is 2. The summed E-state index contributed by atoms with van der Waals surface area (Å²) in [6.45, 7) is 2.63. The van der Waals surface area contributed by atoms with Crippen LogP contribution in [0.1, 0.15) is 6.92 Å². The predicted molar refractivity (Wildman–Crippen MR) is 61.9 cm³/mol. The number of phenolic OH excluding ortho intramolecular Hbond substituents is 1. The zero-order chi connectivity index (χ0) is 12.8. The topological polar surface area (TPSA) is 104 Å². The van der Waals surface area contributed by atoms with Crippen LogP contribution in [-0.2, 0) is 4.79 Å². The first kappa shape index (κ1) is 12.9. The molecule has 3 N–H and O–H groups in total. The van der Waals surface area contributed by atoms with Crippen molar-refractivity contribution in [3.8, 4) is 5.75 Å². The van der Waals surface area contributed by atoms with Gasteiger partial charge in [0.15, 0.2) is 0 Å². The first-order valence-corrected chi connectivity index (χ1v) is 5.02. The van der Waals surface area contributed by atoms with E-state index in [4.69, 9.17) is 0 Å². The summed E-state index contributed by atoms with van der Waals surface area (Å²) in [6.07, 6.45) is 0. The Morgan fingerprint density at radius 2 is 2.24 bits per heavy atom. The van der Waals surface area contributed by atoms with Gasteiger partial charge in [-0.3, -0.25) is 14.9 Å². The number of hydrogen-bond acceptors (Lipinski definition) is 5. The second-order valence-corrected chi connectivity index (χ2v) is 3.29. The fraction of sp³-hybridized carbons (Fsp3) is 0.300. The molecule has 92 valence electrons. The minimum absolute atomic E-state index is 0.118. The first-order chi connectivity index (χ1) is 8.04. The predicted octanol–water partition coefficient (Wildman–Crippen LogP) is 0.848. The molecule has 0 heterocycles. The molecule has 0 radical (unpaired) electrons. The van der Waals surface area contributed by atoms with Crippen molar-refractivity contribution in [2.24, 2.45) is 0 Å². The second kappa shape index (κ2) is 5.80. The van der Waals surface area contributed by atoms with Crippen LogP contribution in [-0.4, -0.2) is 29.0 Å². The molecule has 0 aliphatic rings. The van der Waals surface area contributed by atoms with Crippen LogP contribution in [0, 0.1) is 10.1 Å². The summed E-state index contributed by atoms with van der Waals surface area (Å²) in [5, 5.41) is 25.2. The lowest BCUT2D eigenvalue weighted by Crippen LogP contribution is -2.27. The molecule has 1 rings (SSSR count). The van der Waals surface area contributed by atoms with Gasteiger partial charge in [-0.15, -0.1) is 0 Å². The summed E-state index contributed by atoms with van der Waals surface area (Å²) in [5.74, 6) is -0.653. The van der Waals surface area contributed by atoms with Crippen LogP contribution in [0.15, 0.2) is 18.2 Å². The third-order valence-electron chi connectivity index (χ3n) is 2.00. The highest BCUT2D eigenvalue weighted by molar-refractivity contribution is 5.93. The normalized spacial score (nSPS) is 9.94. The van der Waals surface area contributed by atoms with Gasteiger partial charge in [-0.2, -0.15) is 0 Å². The van der Waals surface area contributed by atoms with E-state index in [2.05, 4.69) is 10.6 Å². The number of nitrogens with zero attached hydrogens (tertiary/aromatic N) is 1. The Kier molecular flexibility index (Phi) is 4.41. The number of rotatable bonds is 5. The molecule has 17 heavy (non-hydrogen) atoms. The minimum atomic E-state index is -0.621. The molecule has 0 aromatic heterocycles. The van der Waals surface area contributed by atoms with Crippen LogP contribution in [0.4, 0.5) is 11.4 Å². The number of nitro groups is 1. The monoisotopic (exact) mass is 239 g/mol. The summed E-state index contributed by atoms with van der Waals surface area (Å²) in [4.78, 5) is 21.1. The van der Waals surface area contributed by atoms with E-state index in [1.807, 2.05) is 6.92 Å². The van der Waals surface area contributed by atoms with Crippen molar-refractivity contribution in [2.75, 3.05) is 18.4 Å². The Hall–Kier alpha value is -2.15. The third-order valence-corrected chi connectivity index (χ3v) is 2.00. The van der Waals surface area contributed by atoms with Crippen LogP contribution in [0.25, 0.3) is 0 Å². The molecule has 0 saturated heterocycles. The summed E-state index contributed by atoms with van der Waals surface area (Å²) >= 11 is 0. The SMILES string of the molecule is CCNCC(=O)Nc1ccc([N+](=O)[O-])cc1O. The summed E-state index contributed by atoms with van der Waals surface area (Å²) in [5.41, 5.74) is -0.0781. The Morgan fingerprint density at radius 1 is 1.53 bits per heavy atom. The van der Waals surface area contributed by atoms with Gasteiger partial charge in [0.05, 0.1) is 23.2 Å². The highest BCUT2D eigenvalue weighted by atomic mass is 16.6. The van der Waals surface area contributed by atoms with Crippen molar-refractivity contribution >= 4 is 17.3 Å². The van der Waals surface area contributed by atoms with Gasteiger partial charge in [-0.25, -0.2) is 0 Å². The van der Waals surface area contributed by atoms with E-state index < -0.39 is 4.92 Å². The number of aromatic hydroxyl groups is 1. The van der Waals surface area contributed by atoms with Gasteiger partial charge in [0, 0.05) is 6.07 Å². The quantitative estimate of drug-likeness (QED) is 0.401. The smallest absolute Gasteiger partial charge is 0.273 e. The molecular formula is C10H13N3O4. The molecule has 0 spiro atoms. The number of anilines is 1. The van der Waals surface area contributed by atoms with Gasteiger partial charge in [-0.05, 0) is 12.6 Å². The molecule has 1 amide bonds. The Labute approximate surface area is 97.6 Å². The van der Waals surface area contributed by atoms with Gasteiger partial charge < -0.3 is 15.7 Å². The van der Waals surface area contributed by atoms with Crippen LogP contribution >= 0.6 is 0 Å². The lowest BCUT2D eigenvalue weighted by Gasteiger charge is -2.07. The number of phenols is 1. The number of benzene rings is 1. The maximum absolute atomic E-state index is 11.3. The number of hydrogen-bond donors (Lipinski definition) is 3. The Bertz CT molecular complexity index is 434. The van der Waals surface area contributed by atoms with E-state index in [1.54, 1.807) is 0 Å². The van der Waals surface area contributed by atoms with Gasteiger partial charge >= 0.3 is 0 Å². The summed E-state index contributed by atoms with van der Waals surface area (Å²) in [7, 11) is 0. The highest BCUT2D eigenvalue weighted by Gasteiger charge is 2.11. The first-order valence-electron chi connectivity index (χ1n) is 5.02. The Morgan fingerprint density at radius 3 is 2.76 bits per heavy atom. The van der Waals surface area contributed by atoms with E-state index in [0.717, 1.165) is 6.07 Å². The van der Waals surface area contributed by atoms with E-state index >= 15 is 0 Å². The molecule has 0 aliphatic heterocycles. The molecular weight excluding hydrogens is 226 g/mol. The number of non-ortho nitro benzene ring substituents is 1. The fourth-order valence-electron chi connectivity index (χ4n) is 1.17. The zero-order valence-corrected chi connectivity index (χ0v) is 9.27. The highest BCUT2D eigenvalue weighted by Crippen LogP contribution is 2.27. The fourth-order valence-corrected chi connectivity index (χ4v) is 1.17. The van der Waals surface area contributed by atoms with Gasteiger partial charge in [0.2, 0.25) is 5.91 Å². The standard InChI is InChI=1S/C10H13N3O4/c1-2-11-6-10(15)12-8-4-3-7(13(16)17)5-9(8)14/h3-5,11,14H,2,6H2,1H3,(H,12,15). The number of likely N-dealkylation sites (N-methyl/N-ethyl adjacent to an activating group) is 1. The maximum atomic E-state index is 11.3. The van der Waals surface area contributed by atoms with E-state index in [0.29, 0.717) is 6.54 Å². The van der Waals surface area contributed by atoms with E-state index in [1.165, 1.54) is 12.1 Å². The third kappa shape index (κ3) is 3.72. The van der Waals surface area contributed by atoms with Crippen molar-refractivity contribution < 1.29 is 14.8 Å².